The van der Waals surface area contributed by atoms with Crippen molar-refractivity contribution >= 4 is 17.8 Å². The first-order chi connectivity index (χ1) is 10.8. The molecule has 0 aliphatic carbocycles. The molecule has 2 amide bonds. The SMILES string of the molecule is CCCNC(=O)[C@@H](C)OC(=O)CNC(=O)c1ccc(C)c(C)c1. The molecule has 0 aliphatic heterocycles. The van der Waals surface area contributed by atoms with E-state index in [0.717, 1.165) is 17.5 Å². The largest absolute Gasteiger partial charge is 0.451 e. The van der Waals surface area contributed by atoms with E-state index < -0.39 is 12.1 Å². The second kappa shape index (κ2) is 8.92. The Kier molecular flexibility index (Phi) is 7.25. The highest BCUT2D eigenvalue weighted by Crippen LogP contribution is 2.09. The molecule has 0 aromatic heterocycles. The van der Waals surface area contributed by atoms with Crippen molar-refractivity contribution in [3.8, 4) is 0 Å². The Morgan fingerprint density at radius 1 is 1.13 bits per heavy atom. The standard InChI is InChI=1S/C17H24N2O4/c1-5-8-18-16(21)13(4)23-15(20)10-19-17(22)14-7-6-11(2)12(3)9-14/h6-7,9,13H,5,8,10H2,1-4H3,(H,18,21)(H,19,22)/t13-/m1/s1. The first-order valence-electron chi connectivity index (χ1n) is 7.67. The highest BCUT2D eigenvalue weighted by molar-refractivity contribution is 5.96. The van der Waals surface area contributed by atoms with Gasteiger partial charge in [0, 0.05) is 12.1 Å². The van der Waals surface area contributed by atoms with Gasteiger partial charge in [-0.05, 0) is 50.5 Å². The minimum absolute atomic E-state index is 0.281. The number of hydrogen-bond acceptors (Lipinski definition) is 4. The van der Waals surface area contributed by atoms with Gasteiger partial charge in [-0.15, -0.1) is 0 Å². The van der Waals surface area contributed by atoms with E-state index in [0.29, 0.717) is 12.1 Å². The second-order valence-electron chi connectivity index (χ2n) is 5.40. The van der Waals surface area contributed by atoms with Gasteiger partial charge in [0.25, 0.3) is 11.8 Å². The summed E-state index contributed by atoms with van der Waals surface area (Å²) >= 11 is 0. The third-order valence-corrected chi connectivity index (χ3v) is 3.39. The Hall–Kier alpha value is -2.37. The van der Waals surface area contributed by atoms with Crippen LogP contribution in [0.2, 0.25) is 0 Å². The molecule has 1 rings (SSSR count). The maximum absolute atomic E-state index is 12.0. The average Bonchev–Trinajstić information content (AvgIpc) is 2.52. The first kappa shape index (κ1) is 18.7. The molecule has 1 atom stereocenters. The zero-order valence-electron chi connectivity index (χ0n) is 14.1. The predicted octanol–water partition coefficient (Wildman–Crippen LogP) is 1.49. The monoisotopic (exact) mass is 320 g/mol. The summed E-state index contributed by atoms with van der Waals surface area (Å²) in [6, 6.07) is 5.31. The molecule has 0 unspecified atom stereocenters. The molecule has 0 fully saturated rings. The minimum Gasteiger partial charge on any atom is -0.451 e. The number of carbonyl (C=O) groups is 3. The van der Waals surface area contributed by atoms with E-state index >= 15 is 0 Å². The summed E-state index contributed by atoms with van der Waals surface area (Å²) < 4.78 is 4.97. The summed E-state index contributed by atoms with van der Waals surface area (Å²) in [6.07, 6.45) is -0.0779. The van der Waals surface area contributed by atoms with Gasteiger partial charge in [0.2, 0.25) is 0 Å². The Morgan fingerprint density at radius 2 is 1.83 bits per heavy atom. The molecule has 1 aromatic carbocycles. The lowest BCUT2D eigenvalue weighted by atomic mass is 10.1. The molecule has 0 bridgehead atoms. The van der Waals surface area contributed by atoms with E-state index in [1.165, 1.54) is 6.92 Å². The molecule has 0 radical (unpaired) electrons. The van der Waals surface area contributed by atoms with Crippen LogP contribution in [0.1, 0.15) is 41.8 Å². The Bertz CT molecular complexity index is 584. The third-order valence-electron chi connectivity index (χ3n) is 3.39. The summed E-state index contributed by atoms with van der Waals surface area (Å²) in [5.41, 5.74) is 2.57. The van der Waals surface area contributed by atoms with Crippen LogP contribution in [-0.2, 0) is 14.3 Å². The molecule has 6 nitrogen and oxygen atoms in total. The van der Waals surface area contributed by atoms with Gasteiger partial charge in [0.1, 0.15) is 6.54 Å². The number of carbonyl (C=O) groups excluding carboxylic acids is 3. The number of amides is 2. The topological polar surface area (TPSA) is 84.5 Å². The Morgan fingerprint density at radius 3 is 2.43 bits per heavy atom. The Balaban J connectivity index is 2.44. The van der Waals surface area contributed by atoms with Crippen molar-refractivity contribution in [1.29, 1.82) is 0 Å². The highest BCUT2D eigenvalue weighted by atomic mass is 16.5. The lowest BCUT2D eigenvalue weighted by molar-refractivity contribution is -0.153. The quantitative estimate of drug-likeness (QED) is 0.746. The zero-order chi connectivity index (χ0) is 17.4. The first-order valence-corrected chi connectivity index (χ1v) is 7.67. The van der Waals surface area contributed by atoms with Crippen LogP contribution in [0.3, 0.4) is 0 Å². The Labute approximate surface area is 136 Å². The number of esters is 1. The number of nitrogens with one attached hydrogen (secondary N) is 2. The third kappa shape index (κ3) is 6.10. The van der Waals surface area contributed by atoms with Crippen LogP contribution in [0.4, 0.5) is 0 Å². The molecule has 0 aliphatic rings. The van der Waals surface area contributed by atoms with Crippen molar-refractivity contribution in [2.75, 3.05) is 13.1 Å². The van der Waals surface area contributed by atoms with Crippen LogP contribution < -0.4 is 10.6 Å². The average molecular weight is 320 g/mol. The van der Waals surface area contributed by atoms with Crippen molar-refractivity contribution < 1.29 is 19.1 Å². The molecular formula is C17H24N2O4. The molecule has 2 N–H and O–H groups in total. The van der Waals surface area contributed by atoms with E-state index in [4.69, 9.17) is 4.74 Å². The van der Waals surface area contributed by atoms with Gasteiger partial charge < -0.3 is 15.4 Å². The molecule has 0 spiro atoms. The van der Waals surface area contributed by atoms with Gasteiger partial charge in [0.05, 0.1) is 0 Å². The molecule has 126 valence electrons. The van der Waals surface area contributed by atoms with Gasteiger partial charge in [-0.3, -0.25) is 14.4 Å². The van der Waals surface area contributed by atoms with Crippen molar-refractivity contribution in [2.24, 2.45) is 0 Å². The van der Waals surface area contributed by atoms with Gasteiger partial charge in [-0.2, -0.15) is 0 Å². The van der Waals surface area contributed by atoms with E-state index in [1.54, 1.807) is 12.1 Å². The summed E-state index contributed by atoms with van der Waals surface area (Å²) in [7, 11) is 0. The van der Waals surface area contributed by atoms with Gasteiger partial charge in [0.15, 0.2) is 6.10 Å². The number of ether oxygens (including phenoxy) is 1. The van der Waals surface area contributed by atoms with Crippen molar-refractivity contribution in [3.05, 3.63) is 34.9 Å². The van der Waals surface area contributed by atoms with E-state index in [2.05, 4.69) is 10.6 Å². The number of benzene rings is 1. The number of aryl methyl sites for hydroxylation is 2. The van der Waals surface area contributed by atoms with E-state index in [1.807, 2.05) is 26.8 Å². The van der Waals surface area contributed by atoms with Crippen LogP contribution in [0, 0.1) is 13.8 Å². The van der Waals surface area contributed by atoms with Crippen LogP contribution >= 0.6 is 0 Å². The van der Waals surface area contributed by atoms with Gasteiger partial charge in [-0.1, -0.05) is 13.0 Å². The normalized spacial score (nSPS) is 11.5. The second-order valence-corrected chi connectivity index (χ2v) is 5.40. The van der Waals surface area contributed by atoms with Crippen molar-refractivity contribution in [3.63, 3.8) is 0 Å². The van der Waals surface area contributed by atoms with E-state index in [-0.39, 0.29) is 18.4 Å². The smallest absolute Gasteiger partial charge is 0.326 e. The maximum Gasteiger partial charge on any atom is 0.326 e. The predicted molar refractivity (Wildman–Crippen MR) is 87.1 cm³/mol. The molecule has 0 heterocycles. The highest BCUT2D eigenvalue weighted by Gasteiger charge is 2.17. The van der Waals surface area contributed by atoms with Crippen molar-refractivity contribution in [1.82, 2.24) is 10.6 Å². The van der Waals surface area contributed by atoms with Gasteiger partial charge in [-0.25, -0.2) is 0 Å². The van der Waals surface area contributed by atoms with Crippen LogP contribution in [0.5, 0.6) is 0 Å². The van der Waals surface area contributed by atoms with Crippen molar-refractivity contribution in [2.45, 2.75) is 40.2 Å². The number of rotatable bonds is 7. The van der Waals surface area contributed by atoms with Crippen LogP contribution in [0.15, 0.2) is 18.2 Å². The molecule has 0 saturated carbocycles. The summed E-state index contributed by atoms with van der Waals surface area (Å²) in [5, 5.41) is 5.12. The maximum atomic E-state index is 12.0. The molecule has 6 heteroatoms. The lowest BCUT2D eigenvalue weighted by Crippen LogP contribution is -2.39. The lowest BCUT2D eigenvalue weighted by Gasteiger charge is -2.13. The van der Waals surface area contributed by atoms with Gasteiger partial charge >= 0.3 is 5.97 Å². The van der Waals surface area contributed by atoms with Crippen LogP contribution in [-0.4, -0.2) is 37.0 Å². The summed E-state index contributed by atoms with van der Waals surface area (Å²) in [5.74, 6) is -1.35. The minimum atomic E-state index is -0.882. The zero-order valence-corrected chi connectivity index (χ0v) is 14.1. The molecule has 23 heavy (non-hydrogen) atoms. The van der Waals surface area contributed by atoms with E-state index in [9.17, 15) is 14.4 Å². The molecule has 0 saturated heterocycles. The summed E-state index contributed by atoms with van der Waals surface area (Å²) in [6.45, 7) is 7.55. The summed E-state index contributed by atoms with van der Waals surface area (Å²) in [4.78, 5) is 35.2. The number of hydrogen-bond donors (Lipinski definition) is 2. The van der Waals surface area contributed by atoms with Crippen LogP contribution in [0.25, 0.3) is 0 Å². The fourth-order valence-corrected chi connectivity index (χ4v) is 1.82. The molecule has 1 aromatic rings. The fraction of sp³-hybridized carbons (Fsp3) is 0.471. The molecular weight excluding hydrogens is 296 g/mol. The fourth-order valence-electron chi connectivity index (χ4n) is 1.82.